The van der Waals surface area contributed by atoms with E-state index in [4.69, 9.17) is 11.6 Å². The summed E-state index contributed by atoms with van der Waals surface area (Å²) in [6.45, 7) is 0. The van der Waals surface area contributed by atoms with Gasteiger partial charge in [-0.25, -0.2) is 4.79 Å². The Morgan fingerprint density at radius 2 is 1.93 bits per heavy atom. The number of nitrogens with zero attached hydrogens (tertiary/aromatic N) is 2. The molecular weight excluding hydrogens is 374 g/mol. The van der Waals surface area contributed by atoms with Crippen LogP contribution in [0.25, 0.3) is 6.08 Å². The lowest BCUT2D eigenvalue weighted by molar-refractivity contribution is -0.383. The summed E-state index contributed by atoms with van der Waals surface area (Å²) >= 11 is 5.73. The van der Waals surface area contributed by atoms with Gasteiger partial charge in [0.05, 0.1) is 17.6 Å². The van der Waals surface area contributed by atoms with Gasteiger partial charge in [-0.05, 0) is 35.9 Å². The molecule has 1 N–H and O–H groups in total. The molecule has 0 fully saturated rings. The highest BCUT2D eigenvalue weighted by molar-refractivity contribution is 6.31. The summed E-state index contributed by atoms with van der Waals surface area (Å²) in [6.07, 6.45) is 1.29. The Balaban J connectivity index is 2.26. The molecule has 0 aliphatic rings. The van der Waals surface area contributed by atoms with Crippen LogP contribution in [0, 0.1) is 21.4 Å². The molecule has 0 aromatic heterocycles. The number of hydrogen-bond acceptors (Lipinski definition) is 6. The van der Waals surface area contributed by atoms with Gasteiger partial charge in [0.2, 0.25) is 0 Å². The minimum atomic E-state index is -0.819. The fourth-order valence-corrected chi connectivity index (χ4v) is 2.27. The summed E-state index contributed by atoms with van der Waals surface area (Å²) in [4.78, 5) is 34.1. The molecule has 0 unspecified atom stereocenters. The molecule has 0 bridgehead atoms. The zero-order valence-electron chi connectivity index (χ0n) is 13.9. The molecule has 0 radical (unpaired) electrons. The van der Waals surface area contributed by atoms with Crippen molar-refractivity contribution >= 4 is 40.9 Å². The number of carbonyl (C=O) groups excluding carboxylic acids is 2. The lowest BCUT2D eigenvalue weighted by atomic mass is 10.1. The number of amides is 1. The molecule has 0 aliphatic carbocycles. The van der Waals surface area contributed by atoms with Crippen LogP contribution in [0.5, 0.6) is 0 Å². The average Bonchev–Trinajstić information content (AvgIpc) is 2.67. The number of hydrogen-bond donors (Lipinski definition) is 1. The molecule has 136 valence electrons. The van der Waals surface area contributed by atoms with Gasteiger partial charge in [-0.1, -0.05) is 23.7 Å². The van der Waals surface area contributed by atoms with Crippen LogP contribution in [0.3, 0.4) is 0 Å². The lowest BCUT2D eigenvalue weighted by Crippen LogP contribution is -2.14. The Labute approximate surface area is 158 Å². The standard InChI is InChI=1S/C18H12ClN3O5/c1-27-18(24)12-4-2-11(3-5-12)8-13(10-20)17(23)21-15-7-6-14(19)9-16(15)22(25)26/h2-9H,1H3,(H,21,23)/b13-8+. The predicted molar refractivity (Wildman–Crippen MR) is 98.1 cm³/mol. The second kappa shape index (κ2) is 8.60. The zero-order valence-corrected chi connectivity index (χ0v) is 14.7. The van der Waals surface area contributed by atoms with Crippen LogP contribution >= 0.6 is 11.6 Å². The quantitative estimate of drug-likeness (QED) is 0.276. The van der Waals surface area contributed by atoms with E-state index in [2.05, 4.69) is 10.1 Å². The van der Waals surface area contributed by atoms with Crippen LogP contribution in [0.2, 0.25) is 5.02 Å². The number of nitriles is 1. The molecule has 2 aromatic carbocycles. The number of carbonyl (C=O) groups is 2. The SMILES string of the molecule is COC(=O)c1ccc(/C=C(\C#N)C(=O)Nc2ccc(Cl)cc2[N+](=O)[O-])cc1. The van der Waals surface area contributed by atoms with Crippen molar-refractivity contribution in [2.24, 2.45) is 0 Å². The van der Waals surface area contributed by atoms with Gasteiger partial charge in [-0.3, -0.25) is 14.9 Å². The van der Waals surface area contributed by atoms with Gasteiger partial charge in [-0.2, -0.15) is 5.26 Å². The van der Waals surface area contributed by atoms with Crippen LogP contribution in [-0.2, 0) is 9.53 Å². The van der Waals surface area contributed by atoms with Crippen LogP contribution < -0.4 is 5.32 Å². The molecule has 0 atom stereocenters. The van der Waals surface area contributed by atoms with Crippen molar-refractivity contribution in [2.75, 3.05) is 12.4 Å². The Bertz CT molecular complexity index is 977. The highest BCUT2D eigenvalue weighted by atomic mass is 35.5. The van der Waals surface area contributed by atoms with Crippen molar-refractivity contribution in [2.45, 2.75) is 0 Å². The van der Waals surface area contributed by atoms with E-state index in [1.807, 2.05) is 0 Å². The first-order chi connectivity index (χ1) is 12.8. The van der Waals surface area contributed by atoms with Crippen LogP contribution in [0.1, 0.15) is 15.9 Å². The second-order valence-electron chi connectivity index (χ2n) is 5.16. The average molecular weight is 386 g/mol. The van der Waals surface area contributed by atoms with Crippen molar-refractivity contribution in [1.82, 2.24) is 0 Å². The Hall–Kier alpha value is -3.70. The highest BCUT2D eigenvalue weighted by Gasteiger charge is 2.18. The normalized spacial score (nSPS) is 10.6. The minimum Gasteiger partial charge on any atom is -0.465 e. The van der Waals surface area contributed by atoms with Crippen molar-refractivity contribution < 1.29 is 19.2 Å². The van der Waals surface area contributed by atoms with Gasteiger partial charge in [0.25, 0.3) is 11.6 Å². The Morgan fingerprint density at radius 1 is 1.26 bits per heavy atom. The number of halogens is 1. The number of nitro groups is 1. The number of methoxy groups -OCH3 is 1. The summed E-state index contributed by atoms with van der Waals surface area (Å²) in [7, 11) is 1.25. The first kappa shape index (κ1) is 19.6. The van der Waals surface area contributed by atoms with E-state index in [0.29, 0.717) is 11.1 Å². The zero-order chi connectivity index (χ0) is 20.0. The molecule has 27 heavy (non-hydrogen) atoms. The van der Waals surface area contributed by atoms with Gasteiger partial charge in [0, 0.05) is 11.1 Å². The van der Waals surface area contributed by atoms with Crippen LogP contribution in [0.15, 0.2) is 48.0 Å². The Kier molecular flexibility index (Phi) is 6.25. The van der Waals surface area contributed by atoms with E-state index in [1.165, 1.54) is 49.6 Å². The summed E-state index contributed by atoms with van der Waals surface area (Å²) in [5.41, 5.74) is 0.0478. The van der Waals surface area contributed by atoms with Crippen LogP contribution in [0.4, 0.5) is 11.4 Å². The van der Waals surface area contributed by atoms with E-state index in [9.17, 15) is 25.0 Å². The molecule has 0 saturated carbocycles. The third-order valence-corrected chi connectivity index (χ3v) is 3.65. The predicted octanol–water partition coefficient (Wildman–Crippen LogP) is 3.58. The number of nitro benzene ring substituents is 1. The van der Waals surface area contributed by atoms with Crippen molar-refractivity contribution in [1.29, 1.82) is 5.26 Å². The molecule has 1 amide bonds. The minimum absolute atomic E-state index is 0.0865. The fraction of sp³-hybridized carbons (Fsp3) is 0.0556. The topological polar surface area (TPSA) is 122 Å². The van der Waals surface area contributed by atoms with Crippen molar-refractivity contribution in [3.63, 3.8) is 0 Å². The monoisotopic (exact) mass is 385 g/mol. The van der Waals surface area contributed by atoms with Crippen molar-refractivity contribution in [3.8, 4) is 6.07 Å². The molecule has 0 heterocycles. The number of ether oxygens (including phenoxy) is 1. The maximum absolute atomic E-state index is 12.3. The summed E-state index contributed by atoms with van der Waals surface area (Å²) in [5.74, 6) is -1.33. The van der Waals surface area contributed by atoms with E-state index < -0.39 is 22.5 Å². The third-order valence-electron chi connectivity index (χ3n) is 3.41. The smallest absolute Gasteiger partial charge is 0.337 e. The van der Waals surface area contributed by atoms with E-state index >= 15 is 0 Å². The molecule has 2 rings (SSSR count). The number of anilines is 1. The molecule has 0 saturated heterocycles. The highest BCUT2D eigenvalue weighted by Crippen LogP contribution is 2.28. The summed E-state index contributed by atoms with van der Waals surface area (Å²) < 4.78 is 4.59. The van der Waals surface area contributed by atoms with E-state index in [0.717, 1.165) is 6.07 Å². The molecular formula is C18H12ClN3O5. The van der Waals surface area contributed by atoms with E-state index in [-0.39, 0.29) is 16.3 Å². The summed E-state index contributed by atoms with van der Waals surface area (Å²) in [6, 6.07) is 11.5. The molecule has 0 spiro atoms. The Morgan fingerprint density at radius 3 is 2.48 bits per heavy atom. The number of rotatable bonds is 5. The first-order valence-electron chi connectivity index (χ1n) is 7.41. The number of esters is 1. The van der Waals surface area contributed by atoms with Crippen LogP contribution in [-0.4, -0.2) is 23.9 Å². The van der Waals surface area contributed by atoms with E-state index in [1.54, 1.807) is 6.07 Å². The number of benzene rings is 2. The molecule has 8 nitrogen and oxygen atoms in total. The van der Waals surface area contributed by atoms with Gasteiger partial charge >= 0.3 is 5.97 Å². The third kappa shape index (κ3) is 4.90. The maximum Gasteiger partial charge on any atom is 0.337 e. The number of nitrogens with one attached hydrogen (secondary N) is 1. The largest absolute Gasteiger partial charge is 0.465 e. The molecule has 9 heteroatoms. The molecule has 2 aromatic rings. The van der Waals surface area contributed by atoms with Gasteiger partial charge in [0.1, 0.15) is 17.3 Å². The fourth-order valence-electron chi connectivity index (χ4n) is 2.10. The lowest BCUT2D eigenvalue weighted by Gasteiger charge is -2.06. The maximum atomic E-state index is 12.3. The van der Waals surface area contributed by atoms with Gasteiger partial charge < -0.3 is 10.1 Å². The van der Waals surface area contributed by atoms with Gasteiger partial charge in [0.15, 0.2) is 0 Å². The molecule has 0 aliphatic heterocycles. The van der Waals surface area contributed by atoms with Gasteiger partial charge in [-0.15, -0.1) is 0 Å². The summed E-state index contributed by atoms with van der Waals surface area (Å²) in [5, 5.41) is 22.8. The van der Waals surface area contributed by atoms with Crippen molar-refractivity contribution in [3.05, 3.63) is 74.3 Å². The second-order valence-corrected chi connectivity index (χ2v) is 5.59. The first-order valence-corrected chi connectivity index (χ1v) is 7.79.